The third-order valence-electron chi connectivity index (χ3n) is 4.33. The van der Waals surface area contributed by atoms with Crippen LogP contribution in [-0.2, 0) is 6.42 Å². The van der Waals surface area contributed by atoms with Crippen LogP contribution in [-0.4, -0.2) is 21.0 Å². The largest absolute Gasteiger partial charge is 0.478 e. The molecule has 2 unspecified atom stereocenters. The summed E-state index contributed by atoms with van der Waals surface area (Å²) in [6.07, 6.45) is 9.15. The van der Waals surface area contributed by atoms with Crippen LogP contribution in [0.2, 0.25) is 0 Å². The molecule has 4 heteroatoms. The molecule has 0 amide bonds. The Morgan fingerprint density at radius 1 is 1.40 bits per heavy atom. The molecule has 0 bridgehead atoms. The minimum atomic E-state index is -0.921. The van der Waals surface area contributed by atoms with Crippen LogP contribution in [0.3, 0.4) is 0 Å². The first kappa shape index (κ1) is 14.9. The van der Waals surface area contributed by atoms with Crippen molar-refractivity contribution in [3.05, 3.63) is 23.3 Å². The first-order valence-electron chi connectivity index (χ1n) is 7.74. The lowest BCUT2D eigenvalue weighted by atomic mass is 9.80. The Bertz CT molecular complexity index is 474. The zero-order valence-corrected chi connectivity index (χ0v) is 12.4. The number of carboxylic acid groups (broad SMARTS) is 1. The van der Waals surface area contributed by atoms with Crippen molar-refractivity contribution in [1.82, 2.24) is 9.97 Å². The van der Waals surface area contributed by atoms with Crippen LogP contribution in [0.15, 0.2) is 6.20 Å². The van der Waals surface area contributed by atoms with Crippen molar-refractivity contribution in [2.75, 3.05) is 0 Å². The van der Waals surface area contributed by atoms with Gasteiger partial charge in [0, 0.05) is 12.1 Å². The minimum Gasteiger partial charge on any atom is -0.478 e. The van der Waals surface area contributed by atoms with E-state index in [0.717, 1.165) is 31.0 Å². The topological polar surface area (TPSA) is 63.1 Å². The molecule has 1 aliphatic rings. The molecule has 110 valence electrons. The number of hydrogen-bond acceptors (Lipinski definition) is 3. The number of carbonyl (C=O) groups is 1. The van der Waals surface area contributed by atoms with Gasteiger partial charge in [-0.1, -0.05) is 39.5 Å². The van der Waals surface area contributed by atoms with Gasteiger partial charge in [0.1, 0.15) is 5.82 Å². The lowest BCUT2D eigenvalue weighted by Crippen LogP contribution is -2.17. The molecule has 0 saturated heterocycles. The summed E-state index contributed by atoms with van der Waals surface area (Å²) in [6.45, 7) is 4.28. The van der Waals surface area contributed by atoms with Gasteiger partial charge in [-0.25, -0.2) is 14.8 Å². The summed E-state index contributed by atoms with van der Waals surface area (Å²) < 4.78 is 0. The van der Waals surface area contributed by atoms with Gasteiger partial charge in [-0.15, -0.1) is 0 Å². The second-order valence-electron chi connectivity index (χ2n) is 5.78. The molecule has 1 aromatic heterocycles. The molecule has 2 atom stereocenters. The van der Waals surface area contributed by atoms with E-state index in [2.05, 4.69) is 16.9 Å². The smallest absolute Gasteiger partial charge is 0.339 e. The molecular weight excluding hydrogens is 252 g/mol. The van der Waals surface area contributed by atoms with Gasteiger partial charge in [0.2, 0.25) is 0 Å². The van der Waals surface area contributed by atoms with E-state index in [1.165, 1.54) is 25.5 Å². The first-order chi connectivity index (χ1) is 9.65. The maximum absolute atomic E-state index is 11.2. The van der Waals surface area contributed by atoms with E-state index in [9.17, 15) is 9.90 Å². The Kier molecular flexibility index (Phi) is 5.10. The Morgan fingerprint density at radius 2 is 2.20 bits per heavy atom. The molecule has 1 aliphatic carbocycles. The minimum absolute atomic E-state index is 0.262. The zero-order valence-electron chi connectivity index (χ0n) is 12.4. The summed E-state index contributed by atoms with van der Waals surface area (Å²) in [5, 5.41) is 9.19. The van der Waals surface area contributed by atoms with Crippen LogP contribution in [0.4, 0.5) is 0 Å². The summed E-state index contributed by atoms with van der Waals surface area (Å²) in [6, 6.07) is 0. The van der Waals surface area contributed by atoms with Gasteiger partial charge >= 0.3 is 5.97 Å². The van der Waals surface area contributed by atoms with Crippen molar-refractivity contribution in [2.45, 2.75) is 64.7 Å². The summed E-state index contributed by atoms with van der Waals surface area (Å²) in [5.74, 6) is 1.12. The average molecular weight is 276 g/mol. The summed E-state index contributed by atoms with van der Waals surface area (Å²) in [5.41, 5.74) is 0.960. The van der Waals surface area contributed by atoms with Gasteiger partial charge in [0.15, 0.2) is 0 Å². The average Bonchev–Trinajstić information content (AvgIpc) is 2.47. The highest BCUT2D eigenvalue weighted by Gasteiger charge is 2.25. The molecule has 1 heterocycles. The van der Waals surface area contributed by atoms with Crippen molar-refractivity contribution < 1.29 is 9.90 Å². The van der Waals surface area contributed by atoms with E-state index in [4.69, 9.17) is 0 Å². The number of nitrogens with zero attached hydrogens (tertiary/aromatic N) is 2. The van der Waals surface area contributed by atoms with Crippen molar-refractivity contribution in [2.24, 2.45) is 5.92 Å². The number of rotatable bonds is 5. The van der Waals surface area contributed by atoms with Crippen LogP contribution in [0.1, 0.15) is 80.2 Å². The van der Waals surface area contributed by atoms with Gasteiger partial charge in [-0.3, -0.25) is 0 Å². The summed E-state index contributed by atoms with van der Waals surface area (Å²) in [7, 11) is 0. The Balaban J connectivity index is 2.23. The van der Waals surface area contributed by atoms with Gasteiger partial charge in [0.25, 0.3) is 0 Å². The SMILES string of the molecule is CCCc1nc(C2CCCC(CC)C2)ncc1C(=O)O. The molecule has 2 rings (SSSR count). The van der Waals surface area contributed by atoms with E-state index < -0.39 is 5.97 Å². The monoisotopic (exact) mass is 276 g/mol. The quantitative estimate of drug-likeness (QED) is 0.888. The van der Waals surface area contributed by atoms with Gasteiger partial charge in [-0.2, -0.15) is 0 Å². The first-order valence-corrected chi connectivity index (χ1v) is 7.74. The lowest BCUT2D eigenvalue weighted by Gasteiger charge is -2.27. The molecule has 0 radical (unpaired) electrons. The molecule has 4 nitrogen and oxygen atoms in total. The molecule has 20 heavy (non-hydrogen) atoms. The standard InChI is InChI=1S/C16H24N2O2/c1-3-6-14-13(16(19)20)10-17-15(18-14)12-8-5-7-11(4-2)9-12/h10-12H,3-9H2,1-2H3,(H,19,20). The molecule has 0 aliphatic heterocycles. The van der Waals surface area contributed by atoms with Gasteiger partial charge in [0.05, 0.1) is 11.3 Å². The van der Waals surface area contributed by atoms with E-state index in [0.29, 0.717) is 18.0 Å². The van der Waals surface area contributed by atoms with Gasteiger partial charge < -0.3 is 5.11 Å². The third-order valence-corrected chi connectivity index (χ3v) is 4.33. The number of aromatic carboxylic acids is 1. The second-order valence-corrected chi connectivity index (χ2v) is 5.78. The van der Waals surface area contributed by atoms with Crippen molar-refractivity contribution in [3.63, 3.8) is 0 Å². The molecule has 1 fully saturated rings. The van der Waals surface area contributed by atoms with E-state index in [-0.39, 0.29) is 5.56 Å². The third kappa shape index (κ3) is 3.35. The van der Waals surface area contributed by atoms with Crippen LogP contribution in [0.25, 0.3) is 0 Å². The Labute approximate surface area is 120 Å². The number of aryl methyl sites for hydroxylation is 1. The van der Waals surface area contributed by atoms with Crippen LogP contribution in [0, 0.1) is 5.92 Å². The summed E-state index contributed by atoms with van der Waals surface area (Å²) in [4.78, 5) is 20.1. The molecule has 1 saturated carbocycles. The molecule has 1 aromatic rings. The Hall–Kier alpha value is -1.45. The predicted molar refractivity (Wildman–Crippen MR) is 78.0 cm³/mol. The lowest BCUT2D eigenvalue weighted by molar-refractivity contribution is 0.0694. The fourth-order valence-electron chi connectivity index (χ4n) is 3.13. The number of carboxylic acids is 1. The molecule has 1 N–H and O–H groups in total. The van der Waals surface area contributed by atoms with Gasteiger partial charge in [-0.05, 0) is 25.2 Å². The maximum Gasteiger partial charge on any atom is 0.339 e. The second kappa shape index (κ2) is 6.82. The van der Waals surface area contributed by atoms with Crippen LogP contribution >= 0.6 is 0 Å². The molecule has 0 spiro atoms. The maximum atomic E-state index is 11.2. The van der Waals surface area contributed by atoms with E-state index >= 15 is 0 Å². The fraction of sp³-hybridized carbons (Fsp3) is 0.688. The zero-order chi connectivity index (χ0) is 14.5. The van der Waals surface area contributed by atoms with E-state index in [1.807, 2.05) is 6.92 Å². The fourth-order valence-corrected chi connectivity index (χ4v) is 3.13. The molecular formula is C16H24N2O2. The summed E-state index contributed by atoms with van der Waals surface area (Å²) >= 11 is 0. The molecule has 0 aromatic carbocycles. The normalized spacial score (nSPS) is 22.7. The van der Waals surface area contributed by atoms with Crippen LogP contribution < -0.4 is 0 Å². The number of hydrogen-bond donors (Lipinski definition) is 1. The van der Waals surface area contributed by atoms with Crippen molar-refractivity contribution in [3.8, 4) is 0 Å². The number of aromatic nitrogens is 2. The highest BCUT2D eigenvalue weighted by atomic mass is 16.4. The van der Waals surface area contributed by atoms with E-state index in [1.54, 1.807) is 0 Å². The predicted octanol–water partition coefficient (Wildman–Crippen LogP) is 3.81. The van der Waals surface area contributed by atoms with Crippen molar-refractivity contribution in [1.29, 1.82) is 0 Å². The Morgan fingerprint density at radius 3 is 2.85 bits per heavy atom. The van der Waals surface area contributed by atoms with Crippen LogP contribution in [0.5, 0.6) is 0 Å². The van der Waals surface area contributed by atoms with Crippen molar-refractivity contribution >= 4 is 5.97 Å². The highest BCUT2D eigenvalue weighted by Crippen LogP contribution is 2.36. The highest BCUT2D eigenvalue weighted by molar-refractivity contribution is 5.88.